The van der Waals surface area contributed by atoms with Crippen LogP contribution in [0.2, 0.25) is 0 Å². The molecule has 1 heterocycles. The molecule has 1 saturated heterocycles. The average molecular weight is 454 g/mol. The number of fused-ring (bicyclic) bond motifs is 1. The number of sulfonamides is 1. The van der Waals surface area contributed by atoms with Crippen molar-refractivity contribution in [2.45, 2.75) is 31.4 Å². The van der Waals surface area contributed by atoms with Crippen molar-refractivity contribution < 1.29 is 18.0 Å². The van der Waals surface area contributed by atoms with E-state index in [4.69, 9.17) is 0 Å². The van der Waals surface area contributed by atoms with Crippen molar-refractivity contribution in [3.8, 4) is 0 Å². The summed E-state index contributed by atoms with van der Waals surface area (Å²) in [5.41, 5.74) is 4.69. The third-order valence-corrected chi connectivity index (χ3v) is 7.24. The fourth-order valence-electron chi connectivity index (χ4n) is 4.24. The zero-order chi connectivity index (χ0) is 22.7. The Kier molecular flexibility index (Phi) is 6.43. The van der Waals surface area contributed by atoms with Crippen LogP contribution in [-0.4, -0.2) is 33.3 Å². The summed E-state index contributed by atoms with van der Waals surface area (Å²) >= 11 is 0. The van der Waals surface area contributed by atoms with Crippen LogP contribution in [0.25, 0.3) is 0 Å². The second-order valence-corrected chi connectivity index (χ2v) is 10.1. The molecule has 168 valence electrons. The van der Waals surface area contributed by atoms with Crippen molar-refractivity contribution in [1.82, 2.24) is 4.72 Å². The molecule has 4 rings (SSSR count). The van der Waals surface area contributed by atoms with E-state index < -0.39 is 15.9 Å². The van der Waals surface area contributed by atoms with Gasteiger partial charge in [-0.1, -0.05) is 24.3 Å². The van der Waals surface area contributed by atoms with E-state index in [2.05, 4.69) is 28.8 Å². The first-order valence-electron chi connectivity index (χ1n) is 10.7. The number of rotatable bonds is 8. The number of nitrogens with zero attached hydrogens (tertiary/aromatic N) is 1. The van der Waals surface area contributed by atoms with Crippen LogP contribution in [0.1, 0.15) is 29.5 Å². The summed E-state index contributed by atoms with van der Waals surface area (Å²) in [4.78, 5) is 27.0. The van der Waals surface area contributed by atoms with Crippen LogP contribution in [0.3, 0.4) is 0 Å². The summed E-state index contributed by atoms with van der Waals surface area (Å²) in [6, 6.07) is 12.8. The van der Waals surface area contributed by atoms with Crippen molar-refractivity contribution in [3.05, 3.63) is 71.8 Å². The highest BCUT2D eigenvalue weighted by atomic mass is 32.2. The fourth-order valence-corrected chi connectivity index (χ4v) is 5.35. The third kappa shape index (κ3) is 5.08. The normalized spacial score (nSPS) is 17.9. The molecule has 1 aliphatic heterocycles. The number of hydrogen-bond acceptors (Lipinski definition) is 4. The molecule has 0 spiro atoms. The molecule has 2 aromatic carbocycles. The van der Waals surface area contributed by atoms with Crippen LogP contribution < -0.4 is 14.9 Å². The molecule has 1 aliphatic carbocycles. The van der Waals surface area contributed by atoms with Gasteiger partial charge in [0, 0.05) is 30.9 Å². The number of hydrogen-bond donors (Lipinski definition) is 2. The van der Waals surface area contributed by atoms with Gasteiger partial charge in [0.05, 0.1) is 11.7 Å². The smallest absolute Gasteiger partial charge is 0.229 e. The Hall–Kier alpha value is -2.97. The van der Waals surface area contributed by atoms with Crippen molar-refractivity contribution in [1.29, 1.82) is 0 Å². The van der Waals surface area contributed by atoms with E-state index in [1.807, 2.05) is 6.07 Å². The van der Waals surface area contributed by atoms with E-state index in [0.29, 0.717) is 17.8 Å². The molecule has 32 heavy (non-hydrogen) atoms. The fraction of sp³-hybridized carbons (Fsp3) is 0.333. The van der Waals surface area contributed by atoms with Gasteiger partial charge in [-0.25, -0.2) is 13.1 Å². The van der Waals surface area contributed by atoms with Crippen LogP contribution in [0.15, 0.2) is 55.1 Å². The van der Waals surface area contributed by atoms with Gasteiger partial charge in [-0.3, -0.25) is 9.59 Å². The predicted molar refractivity (Wildman–Crippen MR) is 125 cm³/mol. The first kappa shape index (κ1) is 22.2. The highest BCUT2D eigenvalue weighted by molar-refractivity contribution is 7.88. The Bertz CT molecular complexity index is 1140. The van der Waals surface area contributed by atoms with E-state index >= 15 is 0 Å². The zero-order valence-corrected chi connectivity index (χ0v) is 18.7. The van der Waals surface area contributed by atoms with E-state index in [9.17, 15) is 18.0 Å². The van der Waals surface area contributed by atoms with Crippen LogP contribution in [0, 0.1) is 5.92 Å². The molecule has 2 amide bonds. The predicted octanol–water partition coefficient (Wildman–Crippen LogP) is 2.77. The number of amides is 2. The highest BCUT2D eigenvalue weighted by Crippen LogP contribution is 2.31. The first-order valence-corrected chi connectivity index (χ1v) is 12.4. The van der Waals surface area contributed by atoms with E-state index in [1.165, 1.54) is 17.2 Å². The summed E-state index contributed by atoms with van der Waals surface area (Å²) in [7, 11) is -3.44. The van der Waals surface area contributed by atoms with Gasteiger partial charge in [0.1, 0.15) is 0 Å². The number of benzene rings is 2. The van der Waals surface area contributed by atoms with Gasteiger partial charge in [0.2, 0.25) is 21.8 Å². The molecule has 0 radical (unpaired) electrons. The van der Waals surface area contributed by atoms with Crippen LogP contribution in [0.5, 0.6) is 0 Å². The average Bonchev–Trinajstić information content (AvgIpc) is 3.39. The number of carbonyl (C=O) groups is 2. The Morgan fingerprint density at radius 1 is 1.12 bits per heavy atom. The number of carbonyl (C=O) groups excluding carboxylic acids is 2. The van der Waals surface area contributed by atoms with Crippen molar-refractivity contribution >= 4 is 33.2 Å². The maximum Gasteiger partial charge on any atom is 0.229 e. The minimum absolute atomic E-state index is 0.0457. The molecule has 1 atom stereocenters. The topological polar surface area (TPSA) is 95.6 Å². The minimum atomic E-state index is -3.44. The summed E-state index contributed by atoms with van der Waals surface area (Å²) in [6.07, 6.45) is 4.93. The quantitative estimate of drug-likeness (QED) is 0.601. The van der Waals surface area contributed by atoms with E-state index in [0.717, 1.165) is 24.9 Å². The van der Waals surface area contributed by atoms with Gasteiger partial charge in [0.25, 0.3) is 0 Å². The highest BCUT2D eigenvalue weighted by Gasteiger charge is 2.35. The Labute approximate surface area is 188 Å². The largest absolute Gasteiger partial charge is 0.326 e. The summed E-state index contributed by atoms with van der Waals surface area (Å²) < 4.78 is 26.4. The van der Waals surface area contributed by atoms with Gasteiger partial charge < -0.3 is 10.2 Å². The van der Waals surface area contributed by atoms with Crippen molar-refractivity contribution in [3.63, 3.8) is 0 Å². The van der Waals surface area contributed by atoms with Crippen LogP contribution in [0.4, 0.5) is 11.4 Å². The zero-order valence-electron chi connectivity index (χ0n) is 17.8. The molecular formula is C24H27N3O4S. The first-order chi connectivity index (χ1) is 15.3. The SMILES string of the molecule is C=CCNS(=O)(=O)Cc1ccc(NC(=O)C2CC(=O)N(c3ccc4c(c3)CCC4)C2)cc1. The van der Waals surface area contributed by atoms with Crippen molar-refractivity contribution in [2.24, 2.45) is 5.92 Å². The molecule has 0 bridgehead atoms. The summed E-state index contributed by atoms with van der Waals surface area (Å²) in [6.45, 7) is 4.03. The van der Waals surface area contributed by atoms with E-state index in [-0.39, 0.29) is 30.5 Å². The molecule has 7 nitrogen and oxygen atoms in total. The maximum atomic E-state index is 12.8. The van der Waals surface area contributed by atoms with Gasteiger partial charge in [-0.05, 0) is 60.2 Å². The van der Waals surface area contributed by atoms with Crippen LogP contribution in [-0.2, 0) is 38.2 Å². The Morgan fingerprint density at radius 2 is 1.88 bits per heavy atom. The van der Waals surface area contributed by atoms with E-state index in [1.54, 1.807) is 29.2 Å². The molecule has 2 aliphatic rings. The Morgan fingerprint density at radius 3 is 2.62 bits per heavy atom. The second-order valence-electron chi connectivity index (χ2n) is 8.29. The summed E-state index contributed by atoms with van der Waals surface area (Å²) in [5, 5.41) is 2.85. The standard InChI is InChI=1S/C24H27N3O4S/c1-2-12-25-32(30,31)16-17-6-9-21(10-7-17)26-24(29)20-14-23(28)27(15-20)22-11-8-18-4-3-5-19(18)13-22/h2,6-11,13,20,25H,1,3-5,12,14-16H2,(H,26,29). The molecule has 0 saturated carbocycles. The molecule has 1 unspecified atom stereocenters. The molecule has 1 fully saturated rings. The lowest BCUT2D eigenvalue weighted by Crippen LogP contribution is -2.28. The lowest BCUT2D eigenvalue weighted by Gasteiger charge is -2.18. The summed E-state index contributed by atoms with van der Waals surface area (Å²) in [5.74, 6) is -0.841. The minimum Gasteiger partial charge on any atom is -0.326 e. The molecule has 8 heteroatoms. The van der Waals surface area contributed by atoms with Crippen molar-refractivity contribution in [2.75, 3.05) is 23.3 Å². The lowest BCUT2D eigenvalue weighted by atomic mass is 10.1. The molecule has 2 aromatic rings. The van der Waals surface area contributed by atoms with Gasteiger partial charge in [0.15, 0.2) is 0 Å². The third-order valence-electron chi connectivity index (χ3n) is 5.92. The van der Waals surface area contributed by atoms with Gasteiger partial charge >= 0.3 is 0 Å². The lowest BCUT2D eigenvalue weighted by molar-refractivity contribution is -0.122. The number of aryl methyl sites for hydroxylation is 2. The molecule has 2 N–H and O–H groups in total. The maximum absolute atomic E-state index is 12.8. The molecule has 0 aromatic heterocycles. The second kappa shape index (κ2) is 9.26. The Balaban J connectivity index is 1.36. The van der Waals surface area contributed by atoms with Gasteiger partial charge in [-0.2, -0.15) is 0 Å². The van der Waals surface area contributed by atoms with Gasteiger partial charge in [-0.15, -0.1) is 6.58 Å². The van der Waals surface area contributed by atoms with Crippen LogP contribution >= 0.6 is 0 Å². The number of anilines is 2. The monoisotopic (exact) mass is 453 g/mol. The molecular weight excluding hydrogens is 426 g/mol. The number of nitrogens with one attached hydrogen (secondary N) is 2.